The van der Waals surface area contributed by atoms with Crippen molar-refractivity contribution in [1.82, 2.24) is 4.90 Å². The highest BCUT2D eigenvalue weighted by Gasteiger charge is 2.30. The first kappa shape index (κ1) is 15.8. The first-order chi connectivity index (χ1) is 9.90. The van der Waals surface area contributed by atoms with Crippen LogP contribution in [0.4, 0.5) is 13.2 Å². The lowest BCUT2D eigenvalue weighted by molar-refractivity contribution is -0.137. The van der Waals surface area contributed by atoms with Gasteiger partial charge in [0, 0.05) is 19.7 Å². The van der Waals surface area contributed by atoms with Crippen molar-refractivity contribution in [1.29, 1.82) is 0 Å². The average Bonchev–Trinajstić information content (AvgIpc) is 2.47. The van der Waals surface area contributed by atoms with Crippen LogP contribution >= 0.6 is 0 Å². The van der Waals surface area contributed by atoms with E-state index in [0.29, 0.717) is 18.7 Å². The number of aliphatic hydroxyl groups excluding tert-OH is 1. The highest BCUT2D eigenvalue weighted by Crippen LogP contribution is 2.29. The van der Waals surface area contributed by atoms with Crippen LogP contribution in [0.15, 0.2) is 24.3 Å². The standard InChI is InChI=1S/C15H18F3NO2/c16-15(17,18)13-5-3-11(4-6-13)8-14(21)19-7-1-2-12(9-19)10-20/h3-6,12,20H,1-2,7-10H2. The van der Waals surface area contributed by atoms with Crippen molar-refractivity contribution in [3.63, 3.8) is 0 Å². The Morgan fingerprint density at radius 1 is 1.29 bits per heavy atom. The van der Waals surface area contributed by atoms with Gasteiger partial charge in [0.15, 0.2) is 0 Å². The smallest absolute Gasteiger partial charge is 0.396 e. The minimum atomic E-state index is -4.36. The Morgan fingerprint density at radius 3 is 2.52 bits per heavy atom. The quantitative estimate of drug-likeness (QED) is 0.932. The first-order valence-electron chi connectivity index (χ1n) is 6.95. The molecule has 1 atom stereocenters. The summed E-state index contributed by atoms with van der Waals surface area (Å²) in [4.78, 5) is 13.8. The fourth-order valence-electron chi connectivity index (χ4n) is 2.54. The number of benzene rings is 1. The number of rotatable bonds is 3. The zero-order valence-corrected chi connectivity index (χ0v) is 11.6. The van der Waals surface area contributed by atoms with E-state index in [1.807, 2.05) is 0 Å². The monoisotopic (exact) mass is 301 g/mol. The molecule has 116 valence electrons. The zero-order valence-electron chi connectivity index (χ0n) is 11.6. The summed E-state index contributed by atoms with van der Waals surface area (Å²) in [6.45, 7) is 1.23. The summed E-state index contributed by atoms with van der Waals surface area (Å²) in [7, 11) is 0. The van der Waals surface area contributed by atoms with E-state index in [2.05, 4.69) is 0 Å². The summed E-state index contributed by atoms with van der Waals surface area (Å²) in [6, 6.07) is 4.67. The minimum absolute atomic E-state index is 0.0596. The number of alkyl halides is 3. The van der Waals surface area contributed by atoms with E-state index in [4.69, 9.17) is 5.11 Å². The first-order valence-corrected chi connectivity index (χ1v) is 6.95. The lowest BCUT2D eigenvalue weighted by Crippen LogP contribution is -2.41. The predicted octanol–water partition coefficient (Wildman–Crippen LogP) is 2.48. The van der Waals surface area contributed by atoms with Crippen molar-refractivity contribution in [3.05, 3.63) is 35.4 Å². The summed E-state index contributed by atoms with van der Waals surface area (Å²) < 4.78 is 37.4. The molecule has 3 nitrogen and oxygen atoms in total. The number of halogens is 3. The van der Waals surface area contributed by atoms with Gasteiger partial charge in [0.05, 0.1) is 12.0 Å². The summed E-state index contributed by atoms with van der Waals surface area (Å²) in [5, 5.41) is 9.14. The highest BCUT2D eigenvalue weighted by molar-refractivity contribution is 5.78. The van der Waals surface area contributed by atoms with Gasteiger partial charge in [0.25, 0.3) is 0 Å². The zero-order chi connectivity index (χ0) is 15.5. The van der Waals surface area contributed by atoms with Crippen LogP contribution in [0.25, 0.3) is 0 Å². The SMILES string of the molecule is O=C(Cc1ccc(C(F)(F)F)cc1)N1CCCC(CO)C1. The van der Waals surface area contributed by atoms with Crippen LogP contribution in [-0.2, 0) is 17.4 Å². The van der Waals surface area contributed by atoms with Crippen molar-refractivity contribution in [2.45, 2.75) is 25.4 Å². The number of amides is 1. The van der Waals surface area contributed by atoms with Gasteiger partial charge >= 0.3 is 6.18 Å². The second-order valence-corrected chi connectivity index (χ2v) is 5.40. The normalized spacial score (nSPS) is 19.6. The maximum atomic E-state index is 12.5. The van der Waals surface area contributed by atoms with Crippen molar-refractivity contribution in [3.8, 4) is 0 Å². The molecule has 1 unspecified atom stereocenters. The number of aliphatic hydroxyl groups is 1. The molecule has 6 heteroatoms. The third-order valence-corrected chi connectivity index (χ3v) is 3.77. The summed E-state index contributed by atoms with van der Waals surface area (Å²) >= 11 is 0. The van der Waals surface area contributed by atoms with Crippen molar-refractivity contribution >= 4 is 5.91 Å². The van der Waals surface area contributed by atoms with Crippen LogP contribution in [0.5, 0.6) is 0 Å². The molecule has 1 fully saturated rings. The molecule has 0 spiro atoms. The van der Waals surface area contributed by atoms with Gasteiger partial charge in [-0.25, -0.2) is 0 Å². The maximum Gasteiger partial charge on any atom is 0.416 e. The molecule has 0 saturated carbocycles. The molecule has 1 saturated heterocycles. The lowest BCUT2D eigenvalue weighted by Gasteiger charge is -2.32. The molecule has 0 aliphatic carbocycles. The molecule has 1 aliphatic heterocycles. The fraction of sp³-hybridized carbons (Fsp3) is 0.533. The third-order valence-electron chi connectivity index (χ3n) is 3.77. The molecule has 1 aromatic rings. The molecule has 1 amide bonds. The number of carbonyl (C=O) groups excluding carboxylic acids is 1. The van der Waals surface area contributed by atoms with Crippen LogP contribution in [-0.4, -0.2) is 35.6 Å². The molecule has 0 aromatic heterocycles. The maximum absolute atomic E-state index is 12.5. The number of nitrogens with zero attached hydrogens (tertiary/aromatic N) is 1. The van der Waals surface area contributed by atoms with Crippen LogP contribution < -0.4 is 0 Å². The van der Waals surface area contributed by atoms with Crippen molar-refractivity contribution in [2.24, 2.45) is 5.92 Å². The van der Waals surface area contributed by atoms with E-state index in [-0.39, 0.29) is 24.9 Å². The Hall–Kier alpha value is -1.56. The number of piperidine rings is 1. The molecule has 0 bridgehead atoms. The summed E-state index contributed by atoms with van der Waals surface area (Å²) in [5.74, 6) is 0.00298. The van der Waals surface area contributed by atoms with Gasteiger partial charge in [-0.3, -0.25) is 4.79 Å². The second-order valence-electron chi connectivity index (χ2n) is 5.40. The van der Waals surface area contributed by atoms with Gasteiger partial charge in [-0.1, -0.05) is 12.1 Å². The van der Waals surface area contributed by atoms with Gasteiger partial charge in [0.1, 0.15) is 0 Å². The van der Waals surface area contributed by atoms with Crippen LogP contribution in [0, 0.1) is 5.92 Å². The van der Waals surface area contributed by atoms with Gasteiger partial charge in [0.2, 0.25) is 5.91 Å². The minimum Gasteiger partial charge on any atom is -0.396 e. The van der Waals surface area contributed by atoms with Gasteiger partial charge in [-0.05, 0) is 36.5 Å². The molecule has 21 heavy (non-hydrogen) atoms. The number of hydrogen-bond donors (Lipinski definition) is 1. The van der Waals surface area contributed by atoms with Crippen LogP contribution in [0.3, 0.4) is 0 Å². The highest BCUT2D eigenvalue weighted by atomic mass is 19.4. The Bertz CT molecular complexity index is 485. The molecular formula is C15H18F3NO2. The number of hydrogen-bond acceptors (Lipinski definition) is 2. The van der Waals surface area contributed by atoms with Crippen LogP contribution in [0.1, 0.15) is 24.0 Å². The predicted molar refractivity (Wildman–Crippen MR) is 71.5 cm³/mol. The van der Waals surface area contributed by atoms with E-state index < -0.39 is 11.7 Å². The van der Waals surface area contributed by atoms with E-state index in [1.54, 1.807) is 4.90 Å². The van der Waals surface area contributed by atoms with Gasteiger partial charge in [-0.2, -0.15) is 13.2 Å². The second kappa shape index (κ2) is 6.47. The molecule has 2 rings (SSSR count). The topological polar surface area (TPSA) is 40.5 Å². The third kappa shape index (κ3) is 4.20. The lowest BCUT2D eigenvalue weighted by atomic mass is 9.98. The molecule has 0 radical (unpaired) electrons. The Kier molecular flexibility index (Phi) is 4.88. The van der Waals surface area contributed by atoms with Gasteiger partial charge in [-0.15, -0.1) is 0 Å². The number of carbonyl (C=O) groups is 1. The Labute approximate surface area is 121 Å². The van der Waals surface area contributed by atoms with E-state index >= 15 is 0 Å². The van der Waals surface area contributed by atoms with Crippen molar-refractivity contribution in [2.75, 3.05) is 19.7 Å². The molecule has 1 N–H and O–H groups in total. The van der Waals surface area contributed by atoms with E-state index in [0.717, 1.165) is 25.0 Å². The Morgan fingerprint density at radius 2 is 1.95 bits per heavy atom. The largest absolute Gasteiger partial charge is 0.416 e. The molecule has 1 aliphatic rings. The fourth-order valence-corrected chi connectivity index (χ4v) is 2.54. The molecule has 1 heterocycles. The Balaban J connectivity index is 1.96. The van der Waals surface area contributed by atoms with Crippen LogP contribution in [0.2, 0.25) is 0 Å². The summed E-state index contributed by atoms with van der Waals surface area (Å²) in [5.41, 5.74) is -0.142. The number of likely N-dealkylation sites (tertiary alicyclic amines) is 1. The average molecular weight is 301 g/mol. The van der Waals surface area contributed by atoms with Gasteiger partial charge < -0.3 is 10.0 Å². The summed E-state index contributed by atoms with van der Waals surface area (Å²) in [6.07, 6.45) is -2.51. The molecular weight excluding hydrogens is 283 g/mol. The van der Waals surface area contributed by atoms with E-state index in [9.17, 15) is 18.0 Å². The van der Waals surface area contributed by atoms with Crippen molar-refractivity contribution < 1.29 is 23.1 Å². The van der Waals surface area contributed by atoms with E-state index in [1.165, 1.54) is 12.1 Å². The molecule has 1 aromatic carbocycles.